The highest BCUT2D eigenvalue weighted by molar-refractivity contribution is 5.15. The van der Waals surface area contributed by atoms with Crippen LogP contribution in [0.5, 0.6) is 0 Å². The molecule has 1 atom stereocenters. The molecule has 16 heavy (non-hydrogen) atoms. The molecule has 0 saturated carbocycles. The van der Waals surface area contributed by atoms with Gasteiger partial charge >= 0.3 is 0 Å². The number of pyridine rings is 1. The Morgan fingerprint density at radius 1 is 1.31 bits per heavy atom. The minimum absolute atomic E-state index is 0.308. The van der Waals surface area contributed by atoms with E-state index in [9.17, 15) is 0 Å². The SMILES string of the molecule is CCCN(C(C)C)C(CN)c1ccncc1. The minimum Gasteiger partial charge on any atom is -0.329 e. The Bertz CT molecular complexity index is 284. The summed E-state index contributed by atoms with van der Waals surface area (Å²) in [6, 6.07) is 4.94. The first-order valence-electron chi connectivity index (χ1n) is 6.06. The van der Waals surface area contributed by atoms with Gasteiger partial charge in [0.25, 0.3) is 0 Å². The lowest BCUT2D eigenvalue weighted by Gasteiger charge is -2.34. The summed E-state index contributed by atoms with van der Waals surface area (Å²) in [6.45, 7) is 8.39. The van der Waals surface area contributed by atoms with Gasteiger partial charge in [0.15, 0.2) is 0 Å². The van der Waals surface area contributed by atoms with Crippen molar-refractivity contribution < 1.29 is 0 Å². The van der Waals surface area contributed by atoms with Crippen molar-refractivity contribution in [1.29, 1.82) is 0 Å². The van der Waals surface area contributed by atoms with Crippen LogP contribution in [0.15, 0.2) is 24.5 Å². The van der Waals surface area contributed by atoms with E-state index in [2.05, 4.69) is 42.8 Å². The van der Waals surface area contributed by atoms with Crippen molar-refractivity contribution in [1.82, 2.24) is 9.88 Å². The number of nitrogens with two attached hydrogens (primary N) is 1. The summed E-state index contributed by atoms with van der Waals surface area (Å²) in [5.74, 6) is 0. The minimum atomic E-state index is 0.308. The Hall–Kier alpha value is -0.930. The molecule has 0 aliphatic heterocycles. The van der Waals surface area contributed by atoms with Gasteiger partial charge in [0.05, 0.1) is 0 Å². The molecule has 3 heteroatoms. The van der Waals surface area contributed by atoms with E-state index < -0.39 is 0 Å². The first-order valence-corrected chi connectivity index (χ1v) is 6.06. The van der Waals surface area contributed by atoms with Gasteiger partial charge in [0.1, 0.15) is 0 Å². The van der Waals surface area contributed by atoms with E-state index in [0.29, 0.717) is 18.6 Å². The molecule has 1 rings (SSSR count). The Kier molecular flexibility index (Phi) is 5.43. The maximum absolute atomic E-state index is 5.91. The lowest BCUT2D eigenvalue weighted by Crippen LogP contribution is -2.39. The third-order valence-corrected chi connectivity index (χ3v) is 2.86. The van der Waals surface area contributed by atoms with Crippen LogP contribution in [-0.2, 0) is 0 Å². The molecular formula is C13H23N3. The van der Waals surface area contributed by atoms with Crippen LogP contribution in [0.25, 0.3) is 0 Å². The zero-order chi connectivity index (χ0) is 12.0. The van der Waals surface area contributed by atoms with E-state index in [4.69, 9.17) is 5.73 Å². The molecule has 0 amide bonds. The molecule has 1 unspecified atom stereocenters. The Labute approximate surface area is 98.7 Å². The van der Waals surface area contributed by atoms with Crippen molar-refractivity contribution in [3.05, 3.63) is 30.1 Å². The predicted octanol–water partition coefficient (Wildman–Crippen LogP) is 2.20. The molecule has 0 radical (unpaired) electrons. The van der Waals surface area contributed by atoms with Gasteiger partial charge in [0.2, 0.25) is 0 Å². The fraction of sp³-hybridized carbons (Fsp3) is 0.615. The molecular weight excluding hydrogens is 198 g/mol. The van der Waals surface area contributed by atoms with Gasteiger partial charge in [-0.2, -0.15) is 0 Å². The fourth-order valence-corrected chi connectivity index (χ4v) is 2.08. The number of hydrogen-bond donors (Lipinski definition) is 1. The summed E-state index contributed by atoms with van der Waals surface area (Å²) in [4.78, 5) is 6.51. The number of aromatic nitrogens is 1. The summed E-state index contributed by atoms with van der Waals surface area (Å²) >= 11 is 0. The maximum atomic E-state index is 5.91. The number of rotatable bonds is 6. The molecule has 0 aromatic carbocycles. The van der Waals surface area contributed by atoms with Gasteiger partial charge in [-0.3, -0.25) is 9.88 Å². The van der Waals surface area contributed by atoms with E-state index in [0.717, 1.165) is 13.0 Å². The Morgan fingerprint density at radius 3 is 2.38 bits per heavy atom. The largest absolute Gasteiger partial charge is 0.329 e. The van der Waals surface area contributed by atoms with Crippen molar-refractivity contribution in [2.75, 3.05) is 13.1 Å². The van der Waals surface area contributed by atoms with Crippen molar-refractivity contribution >= 4 is 0 Å². The zero-order valence-corrected chi connectivity index (χ0v) is 10.6. The molecule has 1 aromatic rings. The van der Waals surface area contributed by atoms with Gasteiger partial charge < -0.3 is 5.73 Å². The molecule has 1 aromatic heterocycles. The third-order valence-electron chi connectivity index (χ3n) is 2.86. The van der Waals surface area contributed by atoms with Crippen molar-refractivity contribution in [2.45, 2.75) is 39.3 Å². The predicted molar refractivity (Wildman–Crippen MR) is 68.2 cm³/mol. The first-order chi connectivity index (χ1) is 7.70. The second-order valence-electron chi connectivity index (χ2n) is 4.36. The van der Waals surface area contributed by atoms with Crippen molar-refractivity contribution in [3.63, 3.8) is 0 Å². The molecule has 1 heterocycles. The quantitative estimate of drug-likeness (QED) is 0.800. The summed E-state index contributed by atoms with van der Waals surface area (Å²) < 4.78 is 0. The average Bonchev–Trinajstić information content (AvgIpc) is 2.30. The zero-order valence-electron chi connectivity index (χ0n) is 10.6. The first kappa shape index (κ1) is 13.1. The Balaban J connectivity index is 2.86. The van der Waals surface area contributed by atoms with Crippen LogP contribution in [0.2, 0.25) is 0 Å². The smallest absolute Gasteiger partial charge is 0.0474 e. The van der Waals surface area contributed by atoms with E-state index in [-0.39, 0.29) is 0 Å². The van der Waals surface area contributed by atoms with E-state index >= 15 is 0 Å². The number of hydrogen-bond acceptors (Lipinski definition) is 3. The molecule has 2 N–H and O–H groups in total. The normalized spacial score (nSPS) is 13.4. The molecule has 3 nitrogen and oxygen atoms in total. The van der Waals surface area contributed by atoms with Crippen LogP contribution < -0.4 is 5.73 Å². The fourth-order valence-electron chi connectivity index (χ4n) is 2.08. The molecule has 90 valence electrons. The van der Waals surface area contributed by atoms with E-state index in [1.807, 2.05) is 12.4 Å². The van der Waals surface area contributed by atoms with Gasteiger partial charge in [-0.1, -0.05) is 6.92 Å². The van der Waals surface area contributed by atoms with E-state index in [1.165, 1.54) is 5.56 Å². The standard InChI is InChI=1S/C13H23N3/c1-4-9-16(11(2)3)13(10-14)12-5-7-15-8-6-12/h5-8,11,13H,4,9-10,14H2,1-3H3. The van der Waals surface area contributed by atoms with Crippen LogP contribution in [0.1, 0.15) is 38.8 Å². The van der Waals surface area contributed by atoms with Gasteiger partial charge in [-0.15, -0.1) is 0 Å². The molecule has 0 spiro atoms. The molecule has 0 fully saturated rings. The summed E-state index contributed by atoms with van der Waals surface area (Å²) in [5, 5.41) is 0. The number of nitrogens with zero attached hydrogens (tertiary/aromatic N) is 2. The van der Waals surface area contributed by atoms with E-state index in [1.54, 1.807) is 0 Å². The lowest BCUT2D eigenvalue weighted by atomic mass is 10.0. The summed E-state index contributed by atoms with van der Waals surface area (Å²) in [5.41, 5.74) is 7.18. The highest BCUT2D eigenvalue weighted by Crippen LogP contribution is 2.21. The monoisotopic (exact) mass is 221 g/mol. The molecule has 0 aliphatic rings. The second kappa shape index (κ2) is 6.61. The third kappa shape index (κ3) is 3.29. The molecule has 0 bridgehead atoms. The van der Waals surface area contributed by atoms with Crippen molar-refractivity contribution in [2.24, 2.45) is 5.73 Å². The highest BCUT2D eigenvalue weighted by atomic mass is 15.2. The van der Waals surface area contributed by atoms with Crippen LogP contribution >= 0.6 is 0 Å². The van der Waals surface area contributed by atoms with Gasteiger partial charge in [-0.25, -0.2) is 0 Å². The average molecular weight is 221 g/mol. The second-order valence-corrected chi connectivity index (χ2v) is 4.36. The summed E-state index contributed by atoms with van der Waals surface area (Å²) in [7, 11) is 0. The van der Waals surface area contributed by atoms with Crippen LogP contribution in [-0.4, -0.2) is 29.0 Å². The molecule has 0 saturated heterocycles. The Morgan fingerprint density at radius 2 is 1.94 bits per heavy atom. The van der Waals surface area contributed by atoms with Crippen LogP contribution in [0.4, 0.5) is 0 Å². The highest BCUT2D eigenvalue weighted by Gasteiger charge is 2.20. The summed E-state index contributed by atoms with van der Waals surface area (Å²) in [6.07, 6.45) is 4.82. The van der Waals surface area contributed by atoms with Crippen molar-refractivity contribution in [3.8, 4) is 0 Å². The molecule has 0 aliphatic carbocycles. The lowest BCUT2D eigenvalue weighted by molar-refractivity contribution is 0.157. The van der Waals surface area contributed by atoms with Gasteiger partial charge in [-0.05, 0) is 44.5 Å². The van der Waals surface area contributed by atoms with Crippen LogP contribution in [0.3, 0.4) is 0 Å². The topological polar surface area (TPSA) is 42.1 Å². The maximum Gasteiger partial charge on any atom is 0.0474 e. The van der Waals surface area contributed by atoms with Gasteiger partial charge in [0, 0.05) is 31.0 Å². The van der Waals surface area contributed by atoms with Crippen LogP contribution in [0, 0.1) is 0 Å².